The topological polar surface area (TPSA) is 29.9 Å². The monoisotopic (exact) mass is 373 g/mol. The zero-order chi connectivity index (χ0) is 15.2. The number of halogens is 1. The Kier molecular flexibility index (Phi) is 7.10. The molecule has 0 aliphatic carbocycles. The van der Waals surface area contributed by atoms with Crippen LogP contribution in [0.15, 0.2) is 4.47 Å². The zero-order valence-corrected chi connectivity index (χ0v) is 15.9. The van der Waals surface area contributed by atoms with Gasteiger partial charge in [0.05, 0.1) is 15.9 Å². The summed E-state index contributed by atoms with van der Waals surface area (Å²) >= 11 is 5.94. The zero-order valence-electron chi connectivity index (χ0n) is 13.5. The van der Waals surface area contributed by atoms with Gasteiger partial charge in [-0.25, -0.2) is 0 Å². The van der Waals surface area contributed by atoms with Gasteiger partial charge in [0.15, 0.2) is 0 Å². The molecular weight excluding hydrogens is 346 g/mol. The summed E-state index contributed by atoms with van der Waals surface area (Å²) in [5, 5.41) is 9.21. The molecule has 120 valence electrons. The third kappa shape index (κ3) is 4.26. The fourth-order valence-corrected chi connectivity index (χ4v) is 5.26. The van der Waals surface area contributed by atoms with Gasteiger partial charge in [0, 0.05) is 24.3 Å². The maximum absolute atomic E-state index is 4.74. The van der Waals surface area contributed by atoms with E-state index in [0.29, 0.717) is 6.04 Å². The quantitative estimate of drug-likeness (QED) is 0.781. The van der Waals surface area contributed by atoms with Gasteiger partial charge in [-0.15, -0.1) is 0 Å². The van der Waals surface area contributed by atoms with E-state index >= 15 is 0 Å². The van der Waals surface area contributed by atoms with E-state index in [-0.39, 0.29) is 0 Å². The first kappa shape index (κ1) is 17.4. The van der Waals surface area contributed by atoms with Crippen molar-refractivity contribution < 1.29 is 0 Å². The number of aromatic nitrogens is 2. The first-order valence-electron chi connectivity index (χ1n) is 8.30. The van der Waals surface area contributed by atoms with Gasteiger partial charge in [0.25, 0.3) is 0 Å². The molecule has 0 bridgehead atoms. The number of likely N-dealkylation sites (N-methyl/N-ethyl adjacent to an activating group) is 1. The molecule has 5 heteroatoms. The van der Waals surface area contributed by atoms with Crippen LogP contribution in [0.4, 0.5) is 0 Å². The Labute approximate surface area is 141 Å². The van der Waals surface area contributed by atoms with Crippen LogP contribution in [0, 0.1) is 0 Å². The maximum atomic E-state index is 4.74. The van der Waals surface area contributed by atoms with Gasteiger partial charge in [0.2, 0.25) is 0 Å². The molecule has 2 unspecified atom stereocenters. The molecule has 1 fully saturated rings. The van der Waals surface area contributed by atoms with Crippen LogP contribution in [-0.4, -0.2) is 33.4 Å². The van der Waals surface area contributed by atoms with Crippen molar-refractivity contribution in [2.24, 2.45) is 0 Å². The molecule has 0 amide bonds. The van der Waals surface area contributed by atoms with E-state index in [4.69, 9.17) is 5.10 Å². The van der Waals surface area contributed by atoms with E-state index in [9.17, 15) is 0 Å². The van der Waals surface area contributed by atoms with E-state index in [1.165, 1.54) is 40.9 Å². The molecule has 1 N–H and O–H groups in total. The van der Waals surface area contributed by atoms with Gasteiger partial charge in [-0.1, -0.05) is 20.3 Å². The molecule has 0 saturated carbocycles. The average Bonchev–Trinajstić information content (AvgIpc) is 2.83. The van der Waals surface area contributed by atoms with E-state index in [1.54, 1.807) is 0 Å². The summed E-state index contributed by atoms with van der Waals surface area (Å²) in [4.78, 5) is 0. The molecule has 1 saturated heterocycles. The summed E-state index contributed by atoms with van der Waals surface area (Å²) in [5.41, 5.74) is 2.56. The number of nitrogens with zero attached hydrogens (tertiary/aromatic N) is 2. The smallest absolute Gasteiger partial charge is 0.0766 e. The highest BCUT2D eigenvalue weighted by atomic mass is 79.9. The van der Waals surface area contributed by atoms with Crippen molar-refractivity contribution in [1.29, 1.82) is 0 Å². The van der Waals surface area contributed by atoms with Gasteiger partial charge in [-0.2, -0.15) is 16.9 Å². The summed E-state index contributed by atoms with van der Waals surface area (Å²) in [6, 6.07) is 0.559. The van der Waals surface area contributed by atoms with Gasteiger partial charge >= 0.3 is 0 Å². The fraction of sp³-hybridized carbons (Fsp3) is 0.812. The van der Waals surface area contributed by atoms with Crippen molar-refractivity contribution >= 4 is 27.7 Å². The minimum atomic E-state index is 0.559. The molecule has 0 spiro atoms. The second-order valence-corrected chi connectivity index (χ2v) is 7.79. The van der Waals surface area contributed by atoms with Gasteiger partial charge in [-0.05, 0) is 54.4 Å². The molecule has 0 radical (unpaired) electrons. The van der Waals surface area contributed by atoms with Crippen LogP contribution >= 0.6 is 27.7 Å². The number of thioether (sulfide) groups is 1. The molecule has 2 atom stereocenters. The van der Waals surface area contributed by atoms with Crippen molar-refractivity contribution in [2.75, 3.05) is 12.3 Å². The predicted octanol–water partition coefficient (Wildman–Crippen LogP) is 4.03. The number of aryl methyl sites for hydroxylation is 2. The van der Waals surface area contributed by atoms with Gasteiger partial charge in [0.1, 0.15) is 0 Å². The Morgan fingerprint density at radius 3 is 2.76 bits per heavy atom. The second kappa shape index (κ2) is 8.59. The highest BCUT2D eigenvalue weighted by molar-refractivity contribution is 9.10. The lowest BCUT2D eigenvalue weighted by atomic mass is 10.0. The molecule has 0 aromatic carbocycles. The summed E-state index contributed by atoms with van der Waals surface area (Å²) in [7, 11) is 0. The number of hydrogen-bond donors (Lipinski definition) is 1. The summed E-state index contributed by atoms with van der Waals surface area (Å²) < 4.78 is 3.41. The molecule has 3 nitrogen and oxygen atoms in total. The predicted molar refractivity (Wildman–Crippen MR) is 96.2 cm³/mol. The Morgan fingerprint density at radius 2 is 2.19 bits per heavy atom. The molecule has 21 heavy (non-hydrogen) atoms. The minimum absolute atomic E-state index is 0.559. The number of hydrogen-bond acceptors (Lipinski definition) is 3. The van der Waals surface area contributed by atoms with E-state index in [0.717, 1.165) is 31.2 Å². The molecule has 1 aromatic rings. The largest absolute Gasteiger partial charge is 0.313 e. The SMILES string of the molecule is CCNC(Cc1c(Br)c(CC)nn1CC)C1CCCCS1. The normalized spacial score (nSPS) is 20.7. The van der Waals surface area contributed by atoms with Gasteiger partial charge in [-0.3, -0.25) is 4.68 Å². The van der Waals surface area contributed by atoms with Crippen LogP contribution in [0.2, 0.25) is 0 Å². The van der Waals surface area contributed by atoms with Crippen molar-refractivity contribution in [3.05, 3.63) is 15.9 Å². The number of nitrogens with one attached hydrogen (secondary N) is 1. The van der Waals surface area contributed by atoms with Crippen molar-refractivity contribution in [3.8, 4) is 0 Å². The highest BCUT2D eigenvalue weighted by Crippen LogP contribution is 2.31. The average molecular weight is 374 g/mol. The Morgan fingerprint density at radius 1 is 1.38 bits per heavy atom. The Hall–Kier alpha value is -0.000000000000000111. The van der Waals surface area contributed by atoms with Crippen molar-refractivity contribution in [1.82, 2.24) is 15.1 Å². The Bertz CT molecular complexity index is 441. The first-order valence-corrected chi connectivity index (χ1v) is 10.1. The molecule has 2 heterocycles. The van der Waals surface area contributed by atoms with E-state index < -0.39 is 0 Å². The van der Waals surface area contributed by atoms with Crippen LogP contribution in [0.5, 0.6) is 0 Å². The van der Waals surface area contributed by atoms with Gasteiger partial charge < -0.3 is 5.32 Å². The molecule has 1 aliphatic rings. The molecular formula is C16H28BrN3S. The molecule has 2 rings (SSSR count). The maximum Gasteiger partial charge on any atom is 0.0766 e. The summed E-state index contributed by atoms with van der Waals surface area (Å²) in [5.74, 6) is 1.32. The molecule has 1 aromatic heterocycles. The standard InChI is InChI=1S/C16H28BrN3S/c1-4-12-16(17)14(20(6-3)19-12)11-13(18-5-2)15-9-7-8-10-21-15/h13,15,18H,4-11H2,1-3H3. The van der Waals surface area contributed by atoms with Crippen molar-refractivity contribution in [3.63, 3.8) is 0 Å². The Balaban J connectivity index is 2.17. The third-order valence-electron chi connectivity index (χ3n) is 4.24. The van der Waals surface area contributed by atoms with Crippen LogP contribution in [0.25, 0.3) is 0 Å². The van der Waals surface area contributed by atoms with E-state index in [2.05, 4.69) is 58.5 Å². The van der Waals surface area contributed by atoms with Crippen LogP contribution in [0.3, 0.4) is 0 Å². The lowest BCUT2D eigenvalue weighted by molar-refractivity contribution is 0.456. The van der Waals surface area contributed by atoms with Crippen LogP contribution in [0.1, 0.15) is 51.4 Å². The third-order valence-corrected chi connectivity index (χ3v) is 6.67. The lowest BCUT2D eigenvalue weighted by Crippen LogP contribution is -2.41. The lowest BCUT2D eigenvalue weighted by Gasteiger charge is -2.30. The minimum Gasteiger partial charge on any atom is -0.313 e. The summed E-state index contributed by atoms with van der Waals surface area (Å²) in [6.07, 6.45) is 6.18. The van der Waals surface area contributed by atoms with Crippen LogP contribution in [-0.2, 0) is 19.4 Å². The summed E-state index contributed by atoms with van der Waals surface area (Å²) in [6.45, 7) is 8.56. The first-order chi connectivity index (χ1) is 10.2. The molecule has 1 aliphatic heterocycles. The fourth-order valence-electron chi connectivity index (χ4n) is 3.10. The van der Waals surface area contributed by atoms with Crippen molar-refractivity contribution in [2.45, 2.75) is 70.7 Å². The van der Waals surface area contributed by atoms with Crippen LogP contribution < -0.4 is 5.32 Å². The second-order valence-electron chi connectivity index (χ2n) is 5.65. The highest BCUT2D eigenvalue weighted by Gasteiger charge is 2.26. The number of rotatable bonds is 7. The van der Waals surface area contributed by atoms with E-state index in [1.807, 2.05) is 0 Å².